The smallest absolute Gasteiger partial charge is 0.180 e. The summed E-state index contributed by atoms with van der Waals surface area (Å²) in [5.74, 6) is 0. The van der Waals surface area contributed by atoms with Crippen LogP contribution in [0.3, 0.4) is 0 Å². The van der Waals surface area contributed by atoms with Gasteiger partial charge in [-0.3, -0.25) is 0 Å². The number of hydrogen-bond donors (Lipinski definition) is 2. The van der Waals surface area contributed by atoms with E-state index in [1.807, 2.05) is 0 Å². The van der Waals surface area contributed by atoms with Crippen molar-refractivity contribution in [3.63, 3.8) is 0 Å². The van der Waals surface area contributed by atoms with Crippen LogP contribution in [0.2, 0.25) is 0 Å². The van der Waals surface area contributed by atoms with Crippen LogP contribution in [0.4, 0.5) is 0 Å². The first-order valence-corrected chi connectivity index (χ1v) is 3.12. The van der Waals surface area contributed by atoms with Gasteiger partial charge in [0.25, 0.3) is 0 Å². The van der Waals surface area contributed by atoms with Crippen LogP contribution in [0.1, 0.15) is 0 Å². The molecular formula is C3H13IN3O2P. The van der Waals surface area contributed by atoms with Crippen LogP contribution in [0.15, 0.2) is 0 Å². The Bertz CT molecular complexity index is 96.2. The van der Waals surface area contributed by atoms with Gasteiger partial charge in [0, 0.05) is 0 Å². The fourth-order valence-corrected chi connectivity index (χ4v) is 0.379. The van der Waals surface area contributed by atoms with E-state index in [0.29, 0.717) is 0 Å². The SMILES string of the molecule is C[NH+]([O-])[NH+](P)[N+](C)(C)[O-].[I-]. The van der Waals surface area contributed by atoms with Crippen LogP contribution in [-0.2, 0) is 0 Å². The largest absolute Gasteiger partial charge is 1.00 e. The number of hydroxylamine groups is 3. The molecule has 3 atom stereocenters. The lowest BCUT2D eigenvalue weighted by Gasteiger charge is -2.38. The van der Waals surface area contributed by atoms with Crippen LogP contribution in [0.5, 0.6) is 0 Å². The summed E-state index contributed by atoms with van der Waals surface area (Å²) in [6.07, 6.45) is 0. The molecule has 0 heterocycles. The maximum absolute atomic E-state index is 10.9. The summed E-state index contributed by atoms with van der Waals surface area (Å²) in [6.45, 7) is 0. The molecule has 0 bridgehead atoms. The molecule has 0 aliphatic heterocycles. The van der Waals surface area contributed by atoms with E-state index in [1.54, 1.807) is 0 Å². The Morgan fingerprint density at radius 3 is 1.70 bits per heavy atom. The maximum atomic E-state index is 10.9. The normalized spacial score (nSPS) is 17.4. The van der Waals surface area contributed by atoms with Gasteiger partial charge in [-0.1, -0.05) is 0 Å². The van der Waals surface area contributed by atoms with E-state index >= 15 is 0 Å². The number of halogens is 1. The second kappa shape index (κ2) is 4.76. The third-order valence-corrected chi connectivity index (χ3v) is 1.97. The van der Waals surface area contributed by atoms with E-state index in [4.69, 9.17) is 0 Å². The molecule has 0 aliphatic rings. The maximum Gasteiger partial charge on any atom is 0.180 e. The van der Waals surface area contributed by atoms with Crippen molar-refractivity contribution in [3.8, 4) is 0 Å². The minimum Gasteiger partial charge on any atom is -1.00 e. The molecule has 0 spiro atoms. The fourth-order valence-electron chi connectivity index (χ4n) is 0.379. The Labute approximate surface area is 79.9 Å². The molecule has 0 amide bonds. The highest BCUT2D eigenvalue weighted by atomic mass is 127. The van der Waals surface area contributed by atoms with Crippen molar-refractivity contribution in [3.05, 3.63) is 10.4 Å². The molecule has 0 aromatic carbocycles. The molecule has 7 heteroatoms. The summed E-state index contributed by atoms with van der Waals surface area (Å²) in [5, 5.41) is 21.2. The first-order valence-electron chi connectivity index (χ1n) is 2.54. The molecule has 0 saturated heterocycles. The topological polar surface area (TPSA) is 55.0 Å². The van der Waals surface area contributed by atoms with E-state index in [-0.39, 0.29) is 34.0 Å². The Balaban J connectivity index is 0. The molecule has 0 saturated carbocycles. The molecule has 0 radical (unpaired) electrons. The third-order valence-electron chi connectivity index (χ3n) is 0.941. The molecular weight excluding hydrogens is 268 g/mol. The predicted molar refractivity (Wildman–Crippen MR) is 36.4 cm³/mol. The second-order valence-electron chi connectivity index (χ2n) is 2.29. The van der Waals surface area contributed by atoms with E-state index in [9.17, 15) is 10.4 Å². The Hall–Kier alpha value is 0.960. The van der Waals surface area contributed by atoms with Gasteiger partial charge in [-0.15, -0.1) is 0 Å². The molecule has 64 valence electrons. The van der Waals surface area contributed by atoms with Crippen molar-refractivity contribution in [2.24, 2.45) is 0 Å². The molecule has 0 fully saturated rings. The van der Waals surface area contributed by atoms with E-state index in [0.717, 1.165) is 0 Å². The third kappa shape index (κ3) is 4.73. The summed E-state index contributed by atoms with van der Waals surface area (Å²) in [7, 11) is 6.33. The van der Waals surface area contributed by atoms with Gasteiger partial charge in [0.05, 0.1) is 0 Å². The number of nitrogens with one attached hydrogen (secondary N) is 2. The van der Waals surface area contributed by atoms with E-state index in [1.165, 1.54) is 21.1 Å². The van der Waals surface area contributed by atoms with Gasteiger partial charge in [0.15, 0.2) is 9.39 Å². The average Bonchev–Trinajstić information content (AvgIpc) is 1.62. The van der Waals surface area contributed by atoms with Gasteiger partial charge in [0.1, 0.15) is 21.1 Å². The molecule has 0 aliphatic carbocycles. The molecule has 10 heavy (non-hydrogen) atoms. The van der Waals surface area contributed by atoms with Crippen molar-refractivity contribution in [2.75, 3.05) is 21.1 Å². The van der Waals surface area contributed by atoms with Gasteiger partial charge in [-0.25, -0.2) is 0 Å². The van der Waals surface area contributed by atoms with Crippen LogP contribution >= 0.6 is 9.39 Å². The highest BCUT2D eigenvalue weighted by Gasteiger charge is 2.16. The standard InChI is InChI=1S/C3H13N3O2P.HI/c1-4(7)5(9)6(2,3)8;/h4-5H,9H2,1-3H3;1H/q+1;/p-1. The Kier molecular flexibility index (Phi) is 6.45. The summed E-state index contributed by atoms with van der Waals surface area (Å²) in [5.41, 5.74) is 0. The monoisotopic (exact) mass is 281 g/mol. The van der Waals surface area contributed by atoms with Crippen LogP contribution in [0.25, 0.3) is 0 Å². The lowest BCUT2D eigenvalue weighted by molar-refractivity contribution is -1.68. The summed E-state index contributed by atoms with van der Waals surface area (Å²) >= 11 is 0. The van der Waals surface area contributed by atoms with Crippen LogP contribution in [-0.4, -0.2) is 25.9 Å². The minimum atomic E-state index is -0.653. The van der Waals surface area contributed by atoms with E-state index in [2.05, 4.69) is 9.39 Å². The second-order valence-corrected chi connectivity index (χ2v) is 2.84. The van der Waals surface area contributed by atoms with Gasteiger partial charge in [-0.05, 0) is 4.89 Å². The highest BCUT2D eigenvalue weighted by molar-refractivity contribution is 7.07. The number of nitrogens with zero attached hydrogens (tertiary/aromatic N) is 1. The summed E-state index contributed by atoms with van der Waals surface area (Å²) in [6, 6.07) is 0. The molecule has 2 N–H and O–H groups in total. The summed E-state index contributed by atoms with van der Waals surface area (Å²) in [4.78, 5) is 0.245. The van der Waals surface area contributed by atoms with Crippen molar-refractivity contribution in [1.82, 2.24) is 0 Å². The number of hydrogen-bond acceptors (Lipinski definition) is 2. The molecule has 0 aromatic heterocycles. The van der Waals surface area contributed by atoms with Gasteiger partial charge in [0.2, 0.25) is 0 Å². The van der Waals surface area contributed by atoms with Crippen LogP contribution in [0, 0.1) is 10.4 Å². The summed E-state index contributed by atoms with van der Waals surface area (Å²) < 4.78 is -0.653. The first-order chi connectivity index (χ1) is 3.85. The predicted octanol–water partition coefficient (Wildman–Crippen LogP) is -5.92. The van der Waals surface area contributed by atoms with Crippen molar-refractivity contribution >= 4 is 9.39 Å². The number of quaternary nitrogens is 3. The van der Waals surface area contributed by atoms with Gasteiger partial charge < -0.3 is 34.4 Å². The first kappa shape index (κ1) is 13.5. The van der Waals surface area contributed by atoms with Crippen LogP contribution < -0.4 is 34.0 Å². The molecule has 0 rings (SSSR count). The Morgan fingerprint density at radius 1 is 1.40 bits per heavy atom. The van der Waals surface area contributed by atoms with Crippen molar-refractivity contribution < 1.29 is 38.8 Å². The lowest BCUT2D eigenvalue weighted by Crippen LogP contribution is -3.56. The molecule has 0 aromatic rings. The zero-order valence-corrected chi connectivity index (χ0v) is 9.53. The lowest BCUT2D eigenvalue weighted by atomic mass is 11.1. The Morgan fingerprint density at radius 2 is 1.70 bits per heavy atom. The quantitative estimate of drug-likeness (QED) is 0.229. The fraction of sp³-hybridized carbons (Fsp3) is 1.00. The van der Waals surface area contributed by atoms with Gasteiger partial charge >= 0.3 is 0 Å². The number of rotatable bonds is 2. The molecule has 5 nitrogen and oxygen atoms in total. The van der Waals surface area contributed by atoms with E-state index < -0.39 is 4.76 Å². The van der Waals surface area contributed by atoms with Crippen molar-refractivity contribution in [2.45, 2.75) is 0 Å². The zero-order chi connectivity index (χ0) is 7.65. The zero-order valence-electron chi connectivity index (χ0n) is 6.22. The minimum absolute atomic E-state index is 0. The van der Waals surface area contributed by atoms with Crippen molar-refractivity contribution in [1.29, 1.82) is 0 Å². The molecule has 3 unspecified atom stereocenters. The highest BCUT2D eigenvalue weighted by Crippen LogP contribution is 1.74. The average molecular weight is 281 g/mol. The van der Waals surface area contributed by atoms with Gasteiger partial charge in [-0.2, -0.15) is 9.93 Å².